The predicted octanol–water partition coefficient (Wildman–Crippen LogP) is 2.88. The van der Waals surface area contributed by atoms with Crippen molar-refractivity contribution in [1.29, 1.82) is 5.26 Å². The van der Waals surface area contributed by atoms with E-state index in [1.54, 1.807) is 0 Å². The van der Waals surface area contributed by atoms with E-state index < -0.39 is 27.7 Å². The first-order valence-corrected chi connectivity index (χ1v) is 7.91. The SMILES string of the molecule is CS(=O)(=O)c1ccc(SCC(C#N)C(F)(F)F)cc1. The highest BCUT2D eigenvalue weighted by Crippen LogP contribution is 2.31. The van der Waals surface area contributed by atoms with Gasteiger partial charge in [-0.25, -0.2) is 8.42 Å². The number of nitrogens with zero attached hydrogens (tertiary/aromatic N) is 1. The van der Waals surface area contributed by atoms with Crippen molar-refractivity contribution in [3.8, 4) is 6.07 Å². The third-order valence-corrected chi connectivity index (χ3v) is 4.45. The average molecular weight is 309 g/mol. The van der Waals surface area contributed by atoms with E-state index in [0.29, 0.717) is 4.90 Å². The van der Waals surface area contributed by atoms with Gasteiger partial charge in [0, 0.05) is 16.9 Å². The van der Waals surface area contributed by atoms with Gasteiger partial charge in [0.2, 0.25) is 0 Å². The first kappa shape index (κ1) is 15.9. The number of nitriles is 1. The summed E-state index contributed by atoms with van der Waals surface area (Å²) in [6.45, 7) is 0. The highest BCUT2D eigenvalue weighted by atomic mass is 32.2. The van der Waals surface area contributed by atoms with E-state index in [0.717, 1.165) is 18.0 Å². The monoisotopic (exact) mass is 309 g/mol. The highest BCUT2D eigenvalue weighted by Gasteiger charge is 2.39. The number of hydrogen-bond acceptors (Lipinski definition) is 4. The Labute approximate surface area is 113 Å². The fourth-order valence-corrected chi connectivity index (χ4v) is 2.75. The summed E-state index contributed by atoms with van der Waals surface area (Å²) in [5.41, 5.74) is 0. The van der Waals surface area contributed by atoms with Gasteiger partial charge in [-0.15, -0.1) is 11.8 Å². The molecular formula is C11H10F3NO2S2. The van der Waals surface area contributed by atoms with Gasteiger partial charge in [0.15, 0.2) is 15.8 Å². The molecule has 0 aliphatic rings. The van der Waals surface area contributed by atoms with Crippen LogP contribution in [-0.4, -0.2) is 26.6 Å². The Kier molecular flexibility index (Phi) is 4.87. The van der Waals surface area contributed by atoms with Crippen molar-refractivity contribution in [2.24, 2.45) is 5.92 Å². The summed E-state index contributed by atoms with van der Waals surface area (Å²) >= 11 is 0.862. The minimum atomic E-state index is -4.55. The van der Waals surface area contributed by atoms with Crippen LogP contribution in [0, 0.1) is 17.2 Å². The summed E-state index contributed by atoms with van der Waals surface area (Å²) in [4.78, 5) is 0.585. The molecular weight excluding hydrogens is 299 g/mol. The Morgan fingerprint density at radius 3 is 2.21 bits per heavy atom. The quantitative estimate of drug-likeness (QED) is 0.803. The van der Waals surface area contributed by atoms with Crippen molar-refractivity contribution in [1.82, 2.24) is 0 Å². The smallest absolute Gasteiger partial charge is 0.224 e. The third-order valence-electron chi connectivity index (χ3n) is 2.22. The molecule has 1 rings (SSSR count). The van der Waals surface area contributed by atoms with Crippen molar-refractivity contribution in [3.05, 3.63) is 24.3 Å². The van der Waals surface area contributed by atoms with Gasteiger partial charge in [-0.1, -0.05) is 0 Å². The topological polar surface area (TPSA) is 57.9 Å². The fourth-order valence-electron chi connectivity index (χ4n) is 1.17. The minimum absolute atomic E-state index is 0.101. The van der Waals surface area contributed by atoms with Crippen molar-refractivity contribution in [2.45, 2.75) is 16.0 Å². The summed E-state index contributed by atoms with van der Waals surface area (Å²) in [7, 11) is -3.32. The maximum atomic E-state index is 12.3. The molecule has 1 aromatic rings. The standard InChI is InChI=1S/C11H10F3NO2S2/c1-19(16,17)10-4-2-9(3-5-10)18-7-8(6-15)11(12,13)14/h2-5,8H,7H2,1H3. The zero-order valence-corrected chi connectivity index (χ0v) is 11.4. The van der Waals surface area contributed by atoms with Crippen LogP contribution in [0.25, 0.3) is 0 Å². The summed E-state index contributed by atoms with van der Waals surface area (Å²) in [5.74, 6) is -2.45. The number of halogens is 3. The average Bonchev–Trinajstić information content (AvgIpc) is 2.27. The molecule has 0 radical (unpaired) electrons. The van der Waals surface area contributed by atoms with Crippen LogP contribution in [0.15, 0.2) is 34.1 Å². The molecule has 0 fully saturated rings. The molecule has 8 heteroatoms. The second-order valence-corrected chi connectivity index (χ2v) is 6.89. The maximum absolute atomic E-state index is 12.3. The van der Waals surface area contributed by atoms with Crippen molar-refractivity contribution in [3.63, 3.8) is 0 Å². The van der Waals surface area contributed by atoms with Crippen LogP contribution < -0.4 is 0 Å². The lowest BCUT2D eigenvalue weighted by atomic mass is 10.2. The molecule has 0 saturated carbocycles. The van der Waals surface area contributed by atoms with E-state index >= 15 is 0 Å². The second kappa shape index (κ2) is 5.84. The van der Waals surface area contributed by atoms with Gasteiger partial charge >= 0.3 is 6.18 Å². The zero-order valence-electron chi connectivity index (χ0n) is 9.81. The molecule has 1 aromatic carbocycles. The molecule has 1 unspecified atom stereocenters. The van der Waals surface area contributed by atoms with Gasteiger partial charge in [0.25, 0.3) is 0 Å². The number of rotatable bonds is 4. The van der Waals surface area contributed by atoms with Crippen LogP contribution in [0.2, 0.25) is 0 Å². The minimum Gasteiger partial charge on any atom is -0.224 e. The van der Waals surface area contributed by atoms with Gasteiger partial charge in [0.1, 0.15) is 0 Å². The zero-order chi connectivity index (χ0) is 14.7. The normalized spacial score (nSPS) is 13.8. The predicted molar refractivity (Wildman–Crippen MR) is 65.4 cm³/mol. The van der Waals surface area contributed by atoms with Gasteiger partial charge in [0.05, 0.1) is 11.0 Å². The Bertz CT molecular complexity index is 573. The van der Waals surface area contributed by atoms with E-state index in [-0.39, 0.29) is 4.90 Å². The molecule has 3 nitrogen and oxygen atoms in total. The largest absolute Gasteiger partial charge is 0.405 e. The van der Waals surface area contributed by atoms with Crippen LogP contribution in [0.3, 0.4) is 0 Å². The maximum Gasteiger partial charge on any atom is 0.405 e. The summed E-state index contributed by atoms with van der Waals surface area (Å²) < 4.78 is 59.4. The lowest BCUT2D eigenvalue weighted by Crippen LogP contribution is -2.23. The molecule has 0 aromatic heterocycles. The Morgan fingerprint density at radius 2 is 1.84 bits per heavy atom. The van der Waals surface area contributed by atoms with Gasteiger partial charge in [-0.2, -0.15) is 18.4 Å². The molecule has 0 bridgehead atoms. The Balaban J connectivity index is 2.73. The first-order valence-electron chi connectivity index (χ1n) is 5.04. The molecule has 0 aliphatic heterocycles. The van der Waals surface area contributed by atoms with E-state index in [9.17, 15) is 21.6 Å². The van der Waals surface area contributed by atoms with Gasteiger partial charge in [-0.3, -0.25) is 0 Å². The number of hydrogen-bond donors (Lipinski definition) is 0. The fraction of sp³-hybridized carbons (Fsp3) is 0.364. The van der Waals surface area contributed by atoms with E-state index in [1.807, 2.05) is 0 Å². The molecule has 1 atom stereocenters. The lowest BCUT2D eigenvalue weighted by molar-refractivity contribution is -0.152. The van der Waals surface area contributed by atoms with Gasteiger partial charge in [-0.05, 0) is 24.3 Å². The molecule has 0 heterocycles. The first-order chi connectivity index (χ1) is 8.64. The molecule has 19 heavy (non-hydrogen) atoms. The third kappa shape index (κ3) is 4.76. The molecule has 0 aliphatic carbocycles. The van der Waals surface area contributed by atoms with Crippen LogP contribution in [-0.2, 0) is 9.84 Å². The van der Waals surface area contributed by atoms with Crippen LogP contribution >= 0.6 is 11.8 Å². The summed E-state index contributed by atoms with van der Waals surface area (Å²) in [6, 6.07) is 6.70. The Hall–Kier alpha value is -1.20. The molecule has 0 saturated heterocycles. The number of alkyl halides is 3. The van der Waals surface area contributed by atoms with Crippen LogP contribution in [0.1, 0.15) is 0 Å². The number of thioether (sulfide) groups is 1. The van der Waals surface area contributed by atoms with Crippen molar-refractivity contribution < 1.29 is 21.6 Å². The van der Waals surface area contributed by atoms with Crippen LogP contribution in [0.5, 0.6) is 0 Å². The molecule has 0 spiro atoms. The van der Waals surface area contributed by atoms with Crippen molar-refractivity contribution in [2.75, 3.05) is 12.0 Å². The van der Waals surface area contributed by atoms with Gasteiger partial charge < -0.3 is 0 Å². The Morgan fingerprint density at radius 1 is 1.32 bits per heavy atom. The lowest BCUT2D eigenvalue weighted by Gasteiger charge is -2.12. The number of benzene rings is 1. The number of sulfone groups is 1. The summed E-state index contributed by atoms with van der Waals surface area (Å²) in [6.07, 6.45) is -3.50. The highest BCUT2D eigenvalue weighted by molar-refractivity contribution is 7.99. The summed E-state index contributed by atoms with van der Waals surface area (Å²) in [5, 5.41) is 8.43. The molecule has 104 valence electrons. The van der Waals surface area contributed by atoms with Crippen LogP contribution in [0.4, 0.5) is 13.2 Å². The van der Waals surface area contributed by atoms with Crippen molar-refractivity contribution >= 4 is 21.6 Å². The second-order valence-electron chi connectivity index (χ2n) is 3.78. The van der Waals surface area contributed by atoms with E-state index in [1.165, 1.54) is 30.3 Å². The van der Waals surface area contributed by atoms with E-state index in [4.69, 9.17) is 5.26 Å². The van der Waals surface area contributed by atoms with E-state index in [2.05, 4.69) is 0 Å². The molecule has 0 amide bonds. The molecule has 0 N–H and O–H groups in total.